The minimum Gasteiger partial charge on any atom is -0.467 e. The van der Waals surface area contributed by atoms with Crippen LogP contribution in [0.2, 0.25) is 4.34 Å². The van der Waals surface area contributed by atoms with Crippen LogP contribution in [0.1, 0.15) is 21.0 Å². The third-order valence-electron chi connectivity index (χ3n) is 2.95. The Hall–Kier alpha value is -1.56. The summed E-state index contributed by atoms with van der Waals surface area (Å²) in [6, 6.07) is 9.22. The van der Waals surface area contributed by atoms with Crippen molar-refractivity contribution in [2.75, 3.05) is 0 Å². The summed E-state index contributed by atoms with van der Waals surface area (Å²) in [5.74, 6) is 0.732. The first-order chi connectivity index (χ1) is 10.2. The predicted octanol–water partition coefficient (Wildman–Crippen LogP) is 4.90. The van der Waals surface area contributed by atoms with Crippen LogP contribution in [-0.2, 0) is 13.1 Å². The fraction of sp³-hybridized carbons (Fsp3) is 0.133. The molecule has 0 aliphatic carbocycles. The first-order valence-electron chi connectivity index (χ1n) is 6.30. The van der Waals surface area contributed by atoms with Gasteiger partial charge in [0, 0.05) is 6.54 Å². The fourth-order valence-corrected chi connectivity index (χ4v) is 3.65. The topological polar surface area (TPSA) is 33.5 Å². The van der Waals surface area contributed by atoms with Crippen LogP contribution >= 0.6 is 34.3 Å². The van der Waals surface area contributed by atoms with Gasteiger partial charge in [-0.05, 0) is 46.7 Å². The molecule has 0 unspecified atom stereocenters. The Morgan fingerprint density at radius 2 is 2.14 bits per heavy atom. The van der Waals surface area contributed by atoms with Gasteiger partial charge in [0.25, 0.3) is 5.91 Å². The lowest BCUT2D eigenvalue weighted by Crippen LogP contribution is -2.29. The number of rotatable bonds is 5. The molecule has 0 radical (unpaired) electrons. The molecule has 3 aromatic heterocycles. The molecule has 0 spiro atoms. The summed E-state index contributed by atoms with van der Waals surface area (Å²) >= 11 is 8.84. The van der Waals surface area contributed by atoms with Gasteiger partial charge in [-0.3, -0.25) is 4.79 Å². The van der Waals surface area contributed by atoms with E-state index in [0.29, 0.717) is 22.3 Å². The zero-order valence-electron chi connectivity index (χ0n) is 11.0. The maximum Gasteiger partial charge on any atom is 0.264 e. The molecule has 0 N–H and O–H groups in total. The molecule has 1 amide bonds. The van der Waals surface area contributed by atoms with E-state index in [0.717, 1.165) is 11.3 Å². The van der Waals surface area contributed by atoms with Crippen molar-refractivity contribution in [1.82, 2.24) is 4.90 Å². The molecular formula is C15H12ClNO2S2. The quantitative estimate of drug-likeness (QED) is 0.663. The SMILES string of the molecule is O=C(c1ccc(Cl)s1)N(Cc1ccsc1)Cc1ccco1. The first-order valence-corrected chi connectivity index (χ1v) is 8.44. The summed E-state index contributed by atoms with van der Waals surface area (Å²) in [4.78, 5) is 15.1. The second-order valence-corrected chi connectivity index (χ2v) is 6.97. The first kappa shape index (κ1) is 14.4. The predicted molar refractivity (Wildman–Crippen MR) is 85.9 cm³/mol. The molecule has 3 rings (SSSR count). The van der Waals surface area contributed by atoms with E-state index in [1.54, 1.807) is 34.6 Å². The lowest BCUT2D eigenvalue weighted by Gasteiger charge is -2.20. The number of nitrogens with zero attached hydrogens (tertiary/aromatic N) is 1. The van der Waals surface area contributed by atoms with Gasteiger partial charge < -0.3 is 9.32 Å². The van der Waals surface area contributed by atoms with Gasteiger partial charge in [-0.15, -0.1) is 11.3 Å². The summed E-state index contributed by atoms with van der Waals surface area (Å²) in [6.45, 7) is 0.996. The summed E-state index contributed by atoms with van der Waals surface area (Å²) in [7, 11) is 0. The van der Waals surface area contributed by atoms with Crippen LogP contribution in [0.3, 0.4) is 0 Å². The van der Waals surface area contributed by atoms with Gasteiger partial charge in [0.2, 0.25) is 0 Å². The molecule has 0 aliphatic rings. The number of furan rings is 1. The number of carbonyl (C=O) groups excluding carboxylic acids is 1. The molecule has 0 saturated carbocycles. The second kappa shape index (κ2) is 6.47. The molecule has 21 heavy (non-hydrogen) atoms. The van der Waals surface area contributed by atoms with Crippen molar-refractivity contribution in [3.8, 4) is 0 Å². The Bertz CT molecular complexity index is 668. The van der Waals surface area contributed by atoms with E-state index < -0.39 is 0 Å². The number of amides is 1. The molecular weight excluding hydrogens is 326 g/mol. The van der Waals surface area contributed by atoms with E-state index in [1.807, 2.05) is 29.0 Å². The average molecular weight is 338 g/mol. The van der Waals surface area contributed by atoms with Gasteiger partial charge in [0.15, 0.2) is 0 Å². The number of hydrogen-bond donors (Lipinski definition) is 0. The Labute approximate surface area is 135 Å². The number of thiophene rings is 2. The molecule has 0 aliphatic heterocycles. The third kappa shape index (κ3) is 3.56. The molecule has 0 bridgehead atoms. The third-order valence-corrected chi connectivity index (χ3v) is 4.90. The Kier molecular flexibility index (Phi) is 4.43. The largest absolute Gasteiger partial charge is 0.467 e. The monoisotopic (exact) mass is 337 g/mol. The summed E-state index contributed by atoms with van der Waals surface area (Å²) in [6.07, 6.45) is 1.62. The van der Waals surface area contributed by atoms with E-state index in [9.17, 15) is 4.79 Å². The van der Waals surface area contributed by atoms with Crippen LogP contribution < -0.4 is 0 Å². The van der Waals surface area contributed by atoms with Gasteiger partial charge in [-0.1, -0.05) is 11.6 Å². The van der Waals surface area contributed by atoms with E-state index in [-0.39, 0.29) is 5.91 Å². The lowest BCUT2D eigenvalue weighted by atomic mass is 10.2. The molecule has 0 saturated heterocycles. The van der Waals surface area contributed by atoms with Crippen LogP contribution in [0.15, 0.2) is 51.8 Å². The van der Waals surface area contributed by atoms with E-state index in [2.05, 4.69) is 0 Å². The highest BCUT2D eigenvalue weighted by Crippen LogP contribution is 2.24. The average Bonchev–Trinajstić information content (AvgIpc) is 3.19. The van der Waals surface area contributed by atoms with Crippen LogP contribution in [-0.4, -0.2) is 10.8 Å². The Morgan fingerprint density at radius 1 is 1.24 bits per heavy atom. The molecule has 3 aromatic rings. The minimum absolute atomic E-state index is 0.0329. The van der Waals surface area contributed by atoms with Gasteiger partial charge in [0.05, 0.1) is 22.0 Å². The Balaban J connectivity index is 1.82. The standard InChI is InChI=1S/C15H12ClNO2S2/c16-14-4-3-13(21-14)15(18)17(8-11-5-7-20-10-11)9-12-2-1-6-19-12/h1-7,10H,8-9H2. The Morgan fingerprint density at radius 3 is 2.76 bits per heavy atom. The molecule has 0 atom stereocenters. The molecule has 0 aromatic carbocycles. The fourth-order valence-electron chi connectivity index (χ4n) is 1.98. The van der Waals surface area contributed by atoms with Crippen molar-refractivity contribution in [2.45, 2.75) is 13.1 Å². The number of carbonyl (C=O) groups is 1. The highest BCUT2D eigenvalue weighted by Gasteiger charge is 2.19. The van der Waals surface area contributed by atoms with Gasteiger partial charge in [-0.25, -0.2) is 0 Å². The van der Waals surface area contributed by atoms with Crippen molar-refractivity contribution >= 4 is 40.2 Å². The molecule has 3 heterocycles. The van der Waals surface area contributed by atoms with E-state index in [1.165, 1.54) is 11.3 Å². The second-order valence-electron chi connectivity index (χ2n) is 4.48. The number of halogens is 1. The highest BCUT2D eigenvalue weighted by molar-refractivity contribution is 7.18. The molecule has 3 nitrogen and oxygen atoms in total. The smallest absolute Gasteiger partial charge is 0.264 e. The van der Waals surface area contributed by atoms with Crippen molar-refractivity contribution in [3.63, 3.8) is 0 Å². The van der Waals surface area contributed by atoms with E-state index in [4.69, 9.17) is 16.0 Å². The normalized spacial score (nSPS) is 10.7. The zero-order chi connectivity index (χ0) is 14.7. The van der Waals surface area contributed by atoms with Crippen LogP contribution in [0.5, 0.6) is 0 Å². The maximum absolute atomic E-state index is 12.7. The van der Waals surface area contributed by atoms with Gasteiger partial charge >= 0.3 is 0 Å². The summed E-state index contributed by atoms with van der Waals surface area (Å²) in [5.41, 5.74) is 1.11. The van der Waals surface area contributed by atoms with Gasteiger partial charge in [-0.2, -0.15) is 11.3 Å². The van der Waals surface area contributed by atoms with Crippen molar-refractivity contribution in [3.05, 3.63) is 67.9 Å². The van der Waals surface area contributed by atoms with Crippen molar-refractivity contribution in [1.29, 1.82) is 0 Å². The lowest BCUT2D eigenvalue weighted by molar-refractivity contribution is 0.0723. The van der Waals surface area contributed by atoms with Gasteiger partial charge in [0.1, 0.15) is 5.76 Å². The molecule has 6 heteroatoms. The van der Waals surface area contributed by atoms with Crippen LogP contribution in [0.4, 0.5) is 0 Å². The molecule has 0 fully saturated rings. The van der Waals surface area contributed by atoms with E-state index >= 15 is 0 Å². The minimum atomic E-state index is -0.0329. The maximum atomic E-state index is 12.7. The highest BCUT2D eigenvalue weighted by atomic mass is 35.5. The number of hydrogen-bond acceptors (Lipinski definition) is 4. The van der Waals surface area contributed by atoms with Crippen molar-refractivity contribution in [2.24, 2.45) is 0 Å². The van der Waals surface area contributed by atoms with Crippen molar-refractivity contribution < 1.29 is 9.21 Å². The molecule has 108 valence electrons. The van der Waals surface area contributed by atoms with Crippen LogP contribution in [0, 0.1) is 0 Å². The zero-order valence-corrected chi connectivity index (χ0v) is 13.4. The van der Waals surface area contributed by atoms with Crippen LogP contribution in [0.25, 0.3) is 0 Å². The summed E-state index contributed by atoms with van der Waals surface area (Å²) < 4.78 is 5.98. The summed E-state index contributed by atoms with van der Waals surface area (Å²) in [5, 5.41) is 4.05.